The van der Waals surface area contributed by atoms with Crippen LogP contribution in [0, 0.1) is 0 Å². The van der Waals surface area contributed by atoms with Crippen molar-refractivity contribution in [2.24, 2.45) is 0 Å². The maximum Gasteiger partial charge on any atom is 0.164 e. The number of hydrogen-bond donors (Lipinski definition) is 0. The van der Waals surface area contributed by atoms with Crippen molar-refractivity contribution in [3.63, 3.8) is 0 Å². The highest BCUT2D eigenvalue weighted by molar-refractivity contribution is 7.98. The first-order valence-corrected chi connectivity index (χ1v) is 7.76. The maximum absolute atomic E-state index is 12.3. The number of Topliss-reactive ketones (excluding diaryl/α,β-unsaturated/α-hetero) is 1. The third kappa shape index (κ3) is 3.64. The van der Waals surface area contributed by atoms with Crippen molar-refractivity contribution in [3.8, 4) is 5.75 Å². The first kappa shape index (κ1) is 14.7. The second-order valence-corrected chi connectivity index (χ2v) is 5.32. The highest BCUT2D eigenvalue weighted by Gasteiger charge is 2.10. The fraction of sp³-hybridized carbons (Fsp3) is 0.235. The number of ether oxygens (including phenoxy) is 1. The van der Waals surface area contributed by atoms with Crippen LogP contribution in [0.15, 0.2) is 53.4 Å². The minimum atomic E-state index is 0.200. The molecule has 3 heteroatoms. The van der Waals surface area contributed by atoms with Gasteiger partial charge in [0.1, 0.15) is 5.75 Å². The molecule has 0 saturated carbocycles. The van der Waals surface area contributed by atoms with E-state index in [4.69, 9.17) is 4.74 Å². The van der Waals surface area contributed by atoms with Crippen molar-refractivity contribution in [1.82, 2.24) is 0 Å². The molecule has 0 aromatic heterocycles. The summed E-state index contributed by atoms with van der Waals surface area (Å²) in [6.45, 7) is 0. The van der Waals surface area contributed by atoms with Gasteiger partial charge in [0.2, 0.25) is 0 Å². The average Bonchev–Trinajstić information content (AvgIpc) is 2.53. The van der Waals surface area contributed by atoms with Gasteiger partial charge < -0.3 is 4.74 Å². The summed E-state index contributed by atoms with van der Waals surface area (Å²) in [7, 11) is 1.65. The number of ketones is 1. The third-order valence-electron chi connectivity index (χ3n) is 3.21. The van der Waals surface area contributed by atoms with Gasteiger partial charge >= 0.3 is 0 Å². The SMILES string of the molecule is COc1ccc(CCC(=O)c2ccccc2SC)cc1. The summed E-state index contributed by atoms with van der Waals surface area (Å²) in [5, 5.41) is 0. The highest BCUT2D eigenvalue weighted by Crippen LogP contribution is 2.22. The number of rotatable bonds is 6. The van der Waals surface area contributed by atoms with E-state index in [-0.39, 0.29) is 5.78 Å². The van der Waals surface area contributed by atoms with E-state index in [1.807, 2.05) is 54.8 Å². The lowest BCUT2D eigenvalue weighted by Crippen LogP contribution is -2.02. The largest absolute Gasteiger partial charge is 0.497 e. The second kappa shape index (κ2) is 7.15. The number of methoxy groups -OCH3 is 1. The van der Waals surface area contributed by atoms with Crippen LogP contribution in [0.3, 0.4) is 0 Å². The van der Waals surface area contributed by atoms with Gasteiger partial charge in [-0.25, -0.2) is 0 Å². The molecule has 104 valence electrons. The van der Waals surface area contributed by atoms with Crippen molar-refractivity contribution in [2.45, 2.75) is 17.7 Å². The van der Waals surface area contributed by atoms with Crippen LogP contribution in [0.5, 0.6) is 5.75 Å². The van der Waals surface area contributed by atoms with Gasteiger partial charge in [0.05, 0.1) is 7.11 Å². The van der Waals surface area contributed by atoms with E-state index >= 15 is 0 Å². The Hall–Kier alpha value is -1.74. The third-order valence-corrected chi connectivity index (χ3v) is 4.00. The van der Waals surface area contributed by atoms with Crippen molar-refractivity contribution in [3.05, 3.63) is 59.7 Å². The normalized spacial score (nSPS) is 10.3. The van der Waals surface area contributed by atoms with Crippen molar-refractivity contribution in [2.75, 3.05) is 13.4 Å². The predicted molar refractivity (Wildman–Crippen MR) is 83.9 cm³/mol. The number of hydrogen-bond acceptors (Lipinski definition) is 3. The average molecular weight is 286 g/mol. The van der Waals surface area contributed by atoms with Crippen LogP contribution in [0.25, 0.3) is 0 Å². The summed E-state index contributed by atoms with van der Waals surface area (Å²) in [6.07, 6.45) is 3.28. The highest BCUT2D eigenvalue weighted by atomic mass is 32.2. The molecule has 2 aromatic rings. The molecule has 0 spiro atoms. The first-order valence-electron chi connectivity index (χ1n) is 6.53. The lowest BCUT2D eigenvalue weighted by molar-refractivity contribution is 0.0980. The van der Waals surface area contributed by atoms with Crippen molar-refractivity contribution in [1.29, 1.82) is 0 Å². The second-order valence-electron chi connectivity index (χ2n) is 4.47. The Balaban J connectivity index is 2.01. The van der Waals surface area contributed by atoms with Crippen LogP contribution in [0.2, 0.25) is 0 Å². The first-order chi connectivity index (χ1) is 9.74. The van der Waals surface area contributed by atoms with E-state index in [0.29, 0.717) is 6.42 Å². The van der Waals surface area contributed by atoms with Gasteiger partial charge in [-0.3, -0.25) is 4.79 Å². The molecule has 0 aliphatic rings. The van der Waals surface area contributed by atoms with Crippen LogP contribution in [0.4, 0.5) is 0 Å². The van der Waals surface area contributed by atoms with E-state index in [2.05, 4.69) is 0 Å². The smallest absolute Gasteiger partial charge is 0.164 e. The Morgan fingerprint density at radius 3 is 2.45 bits per heavy atom. The van der Waals surface area contributed by atoms with Gasteiger partial charge in [-0.05, 0) is 36.4 Å². The van der Waals surface area contributed by atoms with Gasteiger partial charge in [-0.15, -0.1) is 11.8 Å². The minimum Gasteiger partial charge on any atom is -0.497 e. The molecule has 2 rings (SSSR count). The molecule has 0 N–H and O–H groups in total. The lowest BCUT2D eigenvalue weighted by atomic mass is 10.0. The molecular weight excluding hydrogens is 268 g/mol. The Labute approximate surface area is 124 Å². The van der Waals surface area contributed by atoms with Gasteiger partial charge in [-0.1, -0.05) is 30.3 Å². The molecule has 2 nitrogen and oxygen atoms in total. The lowest BCUT2D eigenvalue weighted by Gasteiger charge is -2.06. The molecule has 20 heavy (non-hydrogen) atoms. The summed E-state index contributed by atoms with van der Waals surface area (Å²) >= 11 is 1.61. The summed E-state index contributed by atoms with van der Waals surface area (Å²) in [6, 6.07) is 15.6. The van der Waals surface area contributed by atoms with Gasteiger partial charge in [-0.2, -0.15) is 0 Å². The molecule has 0 aliphatic heterocycles. The van der Waals surface area contributed by atoms with E-state index in [1.54, 1.807) is 18.9 Å². The maximum atomic E-state index is 12.3. The summed E-state index contributed by atoms with van der Waals surface area (Å²) < 4.78 is 5.12. The molecule has 0 saturated heterocycles. The fourth-order valence-electron chi connectivity index (χ4n) is 2.06. The predicted octanol–water partition coefficient (Wildman–Crippen LogP) is 4.23. The number of thioether (sulfide) groups is 1. The zero-order valence-corrected chi connectivity index (χ0v) is 12.6. The van der Waals surface area contributed by atoms with Crippen molar-refractivity contribution < 1.29 is 9.53 Å². The van der Waals surface area contributed by atoms with Crippen LogP contribution >= 0.6 is 11.8 Å². The Bertz CT molecular complexity index is 576. The minimum absolute atomic E-state index is 0.200. The molecule has 0 fully saturated rings. The topological polar surface area (TPSA) is 26.3 Å². The molecule has 0 bridgehead atoms. The zero-order chi connectivity index (χ0) is 14.4. The molecular formula is C17H18O2S. The number of benzene rings is 2. The van der Waals surface area contributed by atoms with Crippen molar-refractivity contribution >= 4 is 17.5 Å². The monoisotopic (exact) mass is 286 g/mol. The zero-order valence-electron chi connectivity index (χ0n) is 11.8. The molecule has 2 aromatic carbocycles. The number of carbonyl (C=O) groups excluding carboxylic acids is 1. The van der Waals surface area contributed by atoms with E-state index in [1.165, 1.54) is 0 Å². The molecule has 0 radical (unpaired) electrons. The number of aryl methyl sites for hydroxylation is 1. The standard InChI is InChI=1S/C17H18O2S/c1-19-14-10-7-13(8-11-14)9-12-16(18)15-5-3-4-6-17(15)20-2/h3-8,10-11H,9,12H2,1-2H3. The van der Waals surface area contributed by atoms with E-state index < -0.39 is 0 Å². The van der Waals surface area contributed by atoms with Crippen LogP contribution < -0.4 is 4.74 Å². The number of carbonyl (C=O) groups is 1. The van der Waals surface area contributed by atoms with Crippen LogP contribution in [0.1, 0.15) is 22.3 Å². The molecule has 0 aliphatic carbocycles. The van der Waals surface area contributed by atoms with Gasteiger partial charge in [0.25, 0.3) is 0 Å². The molecule has 0 amide bonds. The molecule has 0 heterocycles. The summed E-state index contributed by atoms with van der Waals surface area (Å²) in [5.74, 6) is 1.04. The van der Waals surface area contributed by atoms with E-state index in [9.17, 15) is 4.79 Å². The van der Waals surface area contributed by atoms with E-state index in [0.717, 1.165) is 28.2 Å². The Morgan fingerprint density at radius 2 is 1.80 bits per heavy atom. The molecule has 0 atom stereocenters. The Morgan fingerprint density at radius 1 is 1.10 bits per heavy atom. The quantitative estimate of drug-likeness (QED) is 0.587. The Kier molecular flexibility index (Phi) is 5.24. The van der Waals surface area contributed by atoms with Crippen LogP contribution in [-0.4, -0.2) is 19.1 Å². The summed E-state index contributed by atoms with van der Waals surface area (Å²) in [4.78, 5) is 13.3. The van der Waals surface area contributed by atoms with Crippen LogP contribution in [-0.2, 0) is 6.42 Å². The summed E-state index contributed by atoms with van der Waals surface area (Å²) in [5.41, 5.74) is 1.98. The fourth-order valence-corrected chi connectivity index (χ4v) is 2.68. The molecule has 0 unspecified atom stereocenters. The van der Waals surface area contributed by atoms with Gasteiger partial charge in [0.15, 0.2) is 5.78 Å². The van der Waals surface area contributed by atoms with Gasteiger partial charge in [0, 0.05) is 16.9 Å².